The molecule has 0 unspecified atom stereocenters. The van der Waals surface area contributed by atoms with Crippen LogP contribution in [0.4, 0.5) is 11.4 Å². The second kappa shape index (κ2) is 5.52. The lowest BCUT2D eigenvalue weighted by atomic mass is 10.1. The summed E-state index contributed by atoms with van der Waals surface area (Å²) in [5, 5.41) is 0. The van der Waals surface area contributed by atoms with Crippen LogP contribution in [0.5, 0.6) is 5.75 Å². The summed E-state index contributed by atoms with van der Waals surface area (Å²) in [6, 6.07) is 8.95. The summed E-state index contributed by atoms with van der Waals surface area (Å²) in [4.78, 5) is 18.4. The van der Waals surface area contributed by atoms with Gasteiger partial charge in [-0.05, 0) is 55.8 Å². The molecule has 112 valence electrons. The predicted octanol–water partition coefficient (Wildman–Crippen LogP) is 2.84. The van der Waals surface area contributed by atoms with E-state index in [0.717, 1.165) is 5.56 Å². The van der Waals surface area contributed by atoms with Crippen LogP contribution in [0.1, 0.15) is 19.4 Å². The third kappa shape index (κ3) is 2.53. The highest BCUT2D eigenvalue weighted by Crippen LogP contribution is 2.38. The Labute approximate surface area is 129 Å². The molecule has 0 aliphatic carbocycles. The number of benzene rings is 1. The first-order valence-electron chi connectivity index (χ1n) is 7.09. The molecule has 5 nitrogen and oxygen atoms in total. The van der Waals surface area contributed by atoms with E-state index in [1.807, 2.05) is 26.0 Å². The third-order valence-electron chi connectivity index (χ3n) is 3.41. The first-order valence-corrected chi connectivity index (χ1v) is 7.09. The lowest BCUT2D eigenvalue weighted by molar-refractivity contribution is -0.117. The van der Waals surface area contributed by atoms with Crippen LogP contribution in [0.2, 0.25) is 0 Å². The van der Waals surface area contributed by atoms with Gasteiger partial charge in [0.2, 0.25) is 0 Å². The molecule has 5 heteroatoms. The van der Waals surface area contributed by atoms with Crippen molar-refractivity contribution in [2.45, 2.75) is 19.9 Å². The minimum Gasteiger partial charge on any atom is -0.449 e. The van der Waals surface area contributed by atoms with E-state index < -0.39 is 0 Å². The zero-order valence-corrected chi connectivity index (χ0v) is 12.5. The van der Waals surface area contributed by atoms with Crippen LogP contribution < -0.4 is 15.4 Å². The largest absolute Gasteiger partial charge is 0.449 e. The standard InChI is InChI=1S/C17H17N3O2/c1-11(2)20-14-10-13(18)3-4-15(14)22-16(17(20)21)9-12-5-7-19-8-6-12/h3-11H,18H2,1-2H3/b16-9+. The fourth-order valence-corrected chi connectivity index (χ4v) is 2.41. The highest BCUT2D eigenvalue weighted by Gasteiger charge is 2.32. The molecular weight excluding hydrogens is 278 g/mol. The van der Waals surface area contributed by atoms with Gasteiger partial charge in [-0.3, -0.25) is 14.7 Å². The van der Waals surface area contributed by atoms with Crippen molar-refractivity contribution in [1.82, 2.24) is 4.98 Å². The number of amides is 1. The maximum absolute atomic E-state index is 12.7. The number of hydrogen-bond donors (Lipinski definition) is 1. The molecule has 2 aromatic rings. The minimum absolute atomic E-state index is 0.00205. The molecule has 2 heterocycles. The van der Waals surface area contributed by atoms with Crippen LogP contribution in [0.3, 0.4) is 0 Å². The summed E-state index contributed by atoms with van der Waals surface area (Å²) >= 11 is 0. The molecule has 2 N–H and O–H groups in total. The number of ether oxygens (including phenoxy) is 1. The van der Waals surface area contributed by atoms with Crippen molar-refractivity contribution in [3.63, 3.8) is 0 Å². The molecule has 0 bridgehead atoms. The smallest absolute Gasteiger partial charge is 0.294 e. The van der Waals surface area contributed by atoms with Gasteiger partial charge in [0, 0.05) is 24.1 Å². The number of nitrogen functional groups attached to an aromatic ring is 1. The molecule has 22 heavy (non-hydrogen) atoms. The van der Waals surface area contributed by atoms with Crippen LogP contribution >= 0.6 is 0 Å². The van der Waals surface area contributed by atoms with E-state index in [0.29, 0.717) is 17.1 Å². The lowest BCUT2D eigenvalue weighted by Gasteiger charge is -2.33. The number of nitrogens with zero attached hydrogens (tertiary/aromatic N) is 2. The van der Waals surface area contributed by atoms with Crippen molar-refractivity contribution >= 4 is 23.4 Å². The molecule has 0 fully saturated rings. The predicted molar refractivity (Wildman–Crippen MR) is 86.3 cm³/mol. The Hall–Kier alpha value is -2.82. The topological polar surface area (TPSA) is 68.5 Å². The van der Waals surface area contributed by atoms with E-state index in [-0.39, 0.29) is 17.7 Å². The van der Waals surface area contributed by atoms with Crippen LogP contribution in [-0.2, 0) is 4.79 Å². The van der Waals surface area contributed by atoms with Gasteiger partial charge in [-0.1, -0.05) is 0 Å². The van der Waals surface area contributed by atoms with Gasteiger partial charge in [-0.2, -0.15) is 0 Å². The molecule has 3 rings (SSSR count). The van der Waals surface area contributed by atoms with Gasteiger partial charge >= 0.3 is 0 Å². The molecule has 1 aliphatic heterocycles. The number of aromatic nitrogens is 1. The van der Waals surface area contributed by atoms with Crippen molar-refractivity contribution in [2.24, 2.45) is 0 Å². The summed E-state index contributed by atoms with van der Waals surface area (Å²) < 4.78 is 5.78. The van der Waals surface area contributed by atoms with Gasteiger partial charge < -0.3 is 10.5 Å². The maximum atomic E-state index is 12.7. The van der Waals surface area contributed by atoms with E-state index >= 15 is 0 Å². The van der Waals surface area contributed by atoms with Gasteiger partial charge in [-0.25, -0.2) is 0 Å². The molecular formula is C17H17N3O2. The molecule has 0 saturated heterocycles. The molecule has 1 amide bonds. The van der Waals surface area contributed by atoms with E-state index in [9.17, 15) is 4.79 Å². The average molecular weight is 295 g/mol. The molecule has 0 radical (unpaired) electrons. The summed E-state index contributed by atoms with van der Waals surface area (Å²) in [6.45, 7) is 3.92. The Morgan fingerprint density at radius 1 is 1.23 bits per heavy atom. The van der Waals surface area contributed by atoms with Crippen molar-refractivity contribution in [2.75, 3.05) is 10.6 Å². The quantitative estimate of drug-likeness (QED) is 0.683. The van der Waals surface area contributed by atoms with Crippen molar-refractivity contribution in [1.29, 1.82) is 0 Å². The fraction of sp³-hybridized carbons (Fsp3) is 0.176. The third-order valence-corrected chi connectivity index (χ3v) is 3.41. The van der Waals surface area contributed by atoms with Crippen LogP contribution in [0, 0.1) is 0 Å². The average Bonchev–Trinajstić information content (AvgIpc) is 2.49. The Morgan fingerprint density at radius 3 is 2.64 bits per heavy atom. The van der Waals surface area contributed by atoms with Crippen molar-refractivity contribution in [3.05, 3.63) is 54.0 Å². The number of hydrogen-bond acceptors (Lipinski definition) is 4. The zero-order valence-electron chi connectivity index (χ0n) is 12.5. The Kier molecular flexibility index (Phi) is 3.55. The normalized spacial score (nSPS) is 15.9. The second-order valence-electron chi connectivity index (χ2n) is 5.39. The number of nitrogens with two attached hydrogens (primary N) is 1. The highest BCUT2D eigenvalue weighted by atomic mass is 16.5. The van der Waals surface area contributed by atoms with Crippen LogP contribution in [0.25, 0.3) is 6.08 Å². The monoisotopic (exact) mass is 295 g/mol. The van der Waals surface area contributed by atoms with Gasteiger partial charge in [0.15, 0.2) is 11.5 Å². The maximum Gasteiger partial charge on any atom is 0.294 e. The first-order chi connectivity index (χ1) is 10.6. The Balaban J connectivity index is 2.08. The first kappa shape index (κ1) is 14.1. The number of rotatable bonds is 2. The SMILES string of the molecule is CC(C)N1C(=O)/C(=C\c2ccncc2)Oc2ccc(N)cc21. The summed E-state index contributed by atoms with van der Waals surface area (Å²) in [6.07, 6.45) is 5.07. The van der Waals surface area contributed by atoms with E-state index in [4.69, 9.17) is 10.5 Å². The van der Waals surface area contributed by atoms with Gasteiger partial charge in [0.1, 0.15) is 0 Å². The number of pyridine rings is 1. The molecule has 1 aromatic carbocycles. The molecule has 1 aromatic heterocycles. The molecule has 1 aliphatic rings. The summed E-state index contributed by atoms with van der Waals surface area (Å²) in [5.74, 6) is 0.741. The number of anilines is 2. The van der Waals surface area contributed by atoms with Crippen LogP contribution in [-0.4, -0.2) is 16.9 Å². The van der Waals surface area contributed by atoms with Crippen LogP contribution in [0.15, 0.2) is 48.5 Å². The van der Waals surface area contributed by atoms with E-state index in [1.165, 1.54) is 0 Å². The Morgan fingerprint density at radius 2 is 1.95 bits per heavy atom. The van der Waals surface area contributed by atoms with Crippen molar-refractivity contribution < 1.29 is 9.53 Å². The molecule has 0 spiro atoms. The number of fused-ring (bicyclic) bond motifs is 1. The lowest BCUT2D eigenvalue weighted by Crippen LogP contribution is -2.42. The van der Waals surface area contributed by atoms with E-state index in [2.05, 4.69) is 4.98 Å². The van der Waals surface area contributed by atoms with Gasteiger partial charge in [-0.15, -0.1) is 0 Å². The summed E-state index contributed by atoms with van der Waals surface area (Å²) in [5.41, 5.74) is 8.00. The highest BCUT2D eigenvalue weighted by molar-refractivity contribution is 6.10. The second-order valence-corrected chi connectivity index (χ2v) is 5.39. The van der Waals surface area contributed by atoms with Crippen molar-refractivity contribution in [3.8, 4) is 5.75 Å². The molecule has 0 atom stereocenters. The number of carbonyl (C=O) groups excluding carboxylic acids is 1. The van der Waals surface area contributed by atoms with Gasteiger partial charge in [0.05, 0.1) is 5.69 Å². The summed E-state index contributed by atoms with van der Waals surface area (Å²) in [7, 11) is 0. The van der Waals surface area contributed by atoms with E-state index in [1.54, 1.807) is 41.6 Å². The minimum atomic E-state index is -0.176. The fourth-order valence-electron chi connectivity index (χ4n) is 2.41. The number of carbonyl (C=O) groups is 1. The van der Waals surface area contributed by atoms with Gasteiger partial charge in [0.25, 0.3) is 5.91 Å². The molecule has 0 saturated carbocycles. The zero-order chi connectivity index (χ0) is 15.7. The Bertz CT molecular complexity index is 739.